The lowest BCUT2D eigenvalue weighted by Crippen LogP contribution is -2.24. The van der Waals surface area contributed by atoms with Crippen molar-refractivity contribution in [2.75, 3.05) is 19.0 Å². The zero-order valence-corrected chi connectivity index (χ0v) is 14.8. The highest BCUT2D eigenvalue weighted by molar-refractivity contribution is 8.77. The standard InChI is InChI=1S/C15H26O4S2/c1-15(2,3)14(17)19-10-9-18-13(16)7-5-4-6-12-8-11-20-21-12/h12H,4-11H2,1-3H3/t12-/m1/s1. The van der Waals surface area contributed by atoms with Crippen LogP contribution < -0.4 is 0 Å². The molecular weight excluding hydrogens is 308 g/mol. The van der Waals surface area contributed by atoms with Crippen molar-refractivity contribution in [2.45, 2.75) is 58.1 Å². The van der Waals surface area contributed by atoms with Gasteiger partial charge in [0, 0.05) is 17.4 Å². The van der Waals surface area contributed by atoms with E-state index in [4.69, 9.17) is 9.47 Å². The molecule has 1 fully saturated rings. The number of carbonyl (C=O) groups excluding carboxylic acids is 2. The minimum absolute atomic E-state index is 0.137. The van der Waals surface area contributed by atoms with Gasteiger partial charge in [0.15, 0.2) is 0 Å². The molecule has 0 aromatic carbocycles. The molecule has 4 nitrogen and oxygen atoms in total. The molecular formula is C15H26O4S2. The Morgan fingerprint density at radius 2 is 1.86 bits per heavy atom. The smallest absolute Gasteiger partial charge is 0.311 e. The molecule has 0 saturated carbocycles. The molecule has 1 rings (SSSR count). The van der Waals surface area contributed by atoms with E-state index >= 15 is 0 Å². The maximum absolute atomic E-state index is 11.5. The maximum atomic E-state index is 11.5. The summed E-state index contributed by atoms with van der Waals surface area (Å²) in [5.41, 5.74) is -0.513. The van der Waals surface area contributed by atoms with E-state index < -0.39 is 5.41 Å². The van der Waals surface area contributed by atoms with Gasteiger partial charge in [0.05, 0.1) is 5.41 Å². The van der Waals surface area contributed by atoms with Crippen LogP contribution in [0.1, 0.15) is 52.9 Å². The summed E-state index contributed by atoms with van der Waals surface area (Å²) in [4.78, 5) is 23.0. The SMILES string of the molecule is CC(C)(C)C(=O)OCCOC(=O)CCCC[C@@H]1CCSS1. The summed E-state index contributed by atoms with van der Waals surface area (Å²) in [5, 5.41) is 0.767. The fourth-order valence-corrected chi connectivity index (χ4v) is 4.81. The van der Waals surface area contributed by atoms with Crippen LogP contribution in [0.4, 0.5) is 0 Å². The fourth-order valence-electron chi connectivity index (χ4n) is 1.78. The third-order valence-corrected chi connectivity index (χ3v) is 6.08. The lowest BCUT2D eigenvalue weighted by molar-refractivity contribution is -0.158. The molecule has 0 aromatic heterocycles. The van der Waals surface area contributed by atoms with Crippen LogP contribution in [0.15, 0.2) is 0 Å². The van der Waals surface area contributed by atoms with Gasteiger partial charge < -0.3 is 9.47 Å². The Bertz CT molecular complexity index is 333. The largest absolute Gasteiger partial charge is 0.462 e. The van der Waals surface area contributed by atoms with Crippen molar-refractivity contribution in [3.05, 3.63) is 0 Å². The van der Waals surface area contributed by atoms with Gasteiger partial charge in [0.25, 0.3) is 0 Å². The van der Waals surface area contributed by atoms with E-state index in [9.17, 15) is 9.59 Å². The lowest BCUT2D eigenvalue weighted by atomic mass is 9.97. The summed E-state index contributed by atoms with van der Waals surface area (Å²) in [6, 6.07) is 0. The van der Waals surface area contributed by atoms with Crippen molar-refractivity contribution in [2.24, 2.45) is 5.41 Å². The van der Waals surface area contributed by atoms with Crippen LogP contribution in [0.25, 0.3) is 0 Å². The first-order valence-electron chi connectivity index (χ1n) is 7.50. The quantitative estimate of drug-likeness (QED) is 0.382. The van der Waals surface area contributed by atoms with E-state index in [2.05, 4.69) is 0 Å². The Balaban J connectivity index is 1.95. The average molecular weight is 335 g/mol. The normalized spacial score (nSPS) is 18.5. The van der Waals surface area contributed by atoms with E-state index in [1.165, 1.54) is 18.6 Å². The molecule has 0 amide bonds. The second-order valence-electron chi connectivity index (χ2n) is 6.18. The molecule has 6 heteroatoms. The first-order chi connectivity index (χ1) is 9.89. The van der Waals surface area contributed by atoms with Gasteiger partial charge in [0.1, 0.15) is 13.2 Å². The monoisotopic (exact) mass is 334 g/mol. The average Bonchev–Trinajstić information content (AvgIpc) is 2.91. The van der Waals surface area contributed by atoms with Crippen molar-refractivity contribution in [3.63, 3.8) is 0 Å². The molecule has 0 bridgehead atoms. The van der Waals surface area contributed by atoms with Crippen LogP contribution in [-0.4, -0.2) is 36.2 Å². The van der Waals surface area contributed by atoms with Crippen molar-refractivity contribution in [1.29, 1.82) is 0 Å². The summed E-state index contributed by atoms with van der Waals surface area (Å²) in [6.45, 7) is 5.67. The fraction of sp³-hybridized carbons (Fsp3) is 0.867. The number of carbonyl (C=O) groups is 2. The van der Waals surface area contributed by atoms with Gasteiger partial charge in [-0.1, -0.05) is 28.0 Å². The Labute approximate surface area is 135 Å². The van der Waals surface area contributed by atoms with Crippen LogP contribution in [0.3, 0.4) is 0 Å². The zero-order valence-electron chi connectivity index (χ0n) is 13.2. The molecule has 122 valence electrons. The van der Waals surface area contributed by atoms with E-state index in [0.29, 0.717) is 6.42 Å². The molecule has 0 aromatic rings. The maximum Gasteiger partial charge on any atom is 0.311 e. The summed E-state index contributed by atoms with van der Waals surface area (Å²) in [5.74, 6) is 0.783. The predicted molar refractivity (Wildman–Crippen MR) is 88.3 cm³/mol. The minimum atomic E-state index is -0.513. The van der Waals surface area contributed by atoms with Gasteiger partial charge in [-0.05, 0) is 40.0 Å². The summed E-state index contributed by atoms with van der Waals surface area (Å²) in [6.07, 6.45) is 4.89. The number of ether oxygens (including phenoxy) is 2. The first kappa shape index (κ1) is 18.7. The Morgan fingerprint density at radius 1 is 1.14 bits per heavy atom. The predicted octanol–water partition coefficient (Wildman–Crippen LogP) is 3.83. The summed E-state index contributed by atoms with van der Waals surface area (Å²) in [7, 11) is 3.92. The third-order valence-electron chi connectivity index (χ3n) is 3.08. The molecule has 0 unspecified atom stereocenters. The van der Waals surface area contributed by atoms with Crippen molar-refractivity contribution in [3.8, 4) is 0 Å². The highest BCUT2D eigenvalue weighted by Gasteiger charge is 2.22. The van der Waals surface area contributed by atoms with E-state index in [0.717, 1.165) is 18.1 Å². The molecule has 0 spiro atoms. The molecule has 0 radical (unpaired) electrons. The Morgan fingerprint density at radius 3 is 2.48 bits per heavy atom. The van der Waals surface area contributed by atoms with Crippen LogP contribution in [0, 0.1) is 5.41 Å². The number of hydrogen-bond donors (Lipinski definition) is 0. The van der Waals surface area contributed by atoms with Gasteiger partial charge in [0.2, 0.25) is 0 Å². The number of rotatable bonds is 8. The summed E-state index contributed by atoms with van der Waals surface area (Å²) >= 11 is 0. The molecule has 1 heterocycles. The van der Waals surface area contributed by atoms with Crippen molar-refractivity contribution < 1.29 is 19.1 Å². The second kappa shape index (κ2) is 9.62. The molecule has 0 aliphatic carbocycles. The zero-order chi connectivity index (χ0) is 15.7. The molecule has 0 N–H and O–H groups in total. The van der Waals surface area contributed by atoms with Crippen LogP contribution >= 0.6 is 21.6 Å². The molecule has 1 saturated heterocycles. The van der Waals surface area contributed by atoms with E-state index in [-0.39, 0.29) is 25.2 Å². The number of hydrogen-bond acceptors (Lipinski definition) is 6. The number of unbranched alkanes of at least 4 members (excludes halogenated alkanes) is 1. The Hall–Kier alpha value is -0.360. The minimum Gasteiger partial charge on any atom is -0.462 e. The Kier molecular flexibility index (Phi) is 8.56. The van der Waals surface area contributed by atoms with Gasteiger partial charge in [-0.15, -0.1) is 0 Å². The lowest BCUT2D eigenvalue weighted by Gasteiger charge is -2.16. The van der Waals surface area contributed by atoms with Gasteiger partial charge >= 0.3 is 11.9 Å². The third kappa shape index (κ3) is 8.61. The molecule has 21 heavy (non-hydrogen) atoms. The van der Waals surface area contributed by atoms with Crippen LogP contribution in [-0.2, 0) is 19.1 Å². The topological polar surface area (TPSA) is 52.6 Å². The number of esters is 2. The van der Waals surface area contributed by atoms with Crippen molar-refractivity contribution in [1.82, 2.24) is 0 Å². The highest BCUT2D eigenvalue weighted by Crippen LogP contribution is 2.39. The van der Waals surface area contributed by atoms with Crippen LogP contribution in [0.5, 0.6) is 0 Å². The first-order valence-corrected chi connectivity index (χ1v) is 9.89. The molecule has 1 atom stereocenters. The van der Waals surface area contributed by atoms with E-state index in [1.54, 1.807) is 20.8 Å². The van der Waals surface area contributed by atoms with Gasteiger partial charge in [-0.2, -0.15) is 0 Å². The molecule has 1 aliphatic rings. The van der Waals surface area contributed by atoms with Crippen LogP contribution in [0.2, 0.25) is 0 Å². The van der Waals surface area contributed by atoms with E-state index in [1.807, 2.05) is 21.6 Å². The van der Waals surface area contributed by atoms with Crippen molar-refractivity contribution >= 4 is 33.5 Å². The second-order valence-corrected chi connectivity index (χ2v) is 8.97. The molecule has 1 aliphatic heterocycles. The summed E-state index contributed by atoms with van der Waals surface area (Å²) < 4.78 is 10.1. The van der Waals surface area contributed by atoms with Gasteiger partial charge in [-0.25, -0.2) is 0 Å². The highest BCUT2D eigenvalue weighted by atomic mass is 33.1. The van der Waals surface area contributed by atoms with Gasteiger partial charge in [-0.3, -0.25) is 9.59 Å².